The van der Waals surface area contributed by atoms with Crippen molar-refractivity contribution in [3.8, 4) is 22.8 Å². The van der Waals surface area contributed by atoms with E-state index in [0.717, 1.165) is 40.8 Å². The first-order chi connectivity index (χ1) is 14.6. The predicted octanol–water partition coefficient (Wildman–Crippen LogP) is 5.09. The zero-order valence-corrected chi connectivity index (χ0v) is 18.6. The number of aromatic nitrogens is 1. The average Bonchev–Trinajstić information content (AvgIpc) is 3.53. The summed E-state index contributed by atoms with van der Waals surface area (Å²) in [5.74, 6) is 2.92. The summed E-state index contributed by atoms with van der Waals surface area (Å²) in [6.45, 7) is 0. The molecule has 1 saturated heterocycles. The van der Waals surface area contributed by atoms with Crippen LogP contribution >= 0.6 is 24.0 Å². The maximum atomic E-state index is 13.1. The summed E-state index contributed by atoms with van der Waals surface area (Å²) >= 11 is 7.01. The minimum Gasteiger partial charge on any atom is -0.497 e. The van der Waals surface area contributed by atoms with Crippen LogP contribution in [0.4, 0.5) is 0 Å². The normalized spacial score (nSPS) is 26.8. The number of amides is 1. The van der Waals surface area contributed by atoms with Crippen LogP contribution in [0.25, 0.3) is 17.3 Å². The van der Waals surface area contributed by atoms with E-state index in [1.54, 1.807) is 14.2 Å². The maximum Gasteiger partial charge on any atom is 0.266 e. The number of carbonyl (C=O) groups excluding carboxylic acids is 1. The van der Waals surface area contributed by atoms with Crippen LogP contribution in [-0.4, -0.2) is 40.4 Å². The van der Waals surface area contributed by atoms with Gasteiger partial charge in [-0.15, -0.1) is 0 Å². The molecule has 1 N–H and O–H groups in total. The van der Waals surface area contributed by atoms with Crippen molar-refractivity contribution in [2.75, 3.05) is 14.2 Å². The van der Waals surface area contributed by atoms with Crippen LogP contribution in [0.1, 0.15) is 31.4 Å². The number of nitrogens with zero attached hydrogens (tertiary/aromatic N) is 1. The van der Waals surface area contributed by atoms with Crippen molar-refractivity contribution in [2.24, 2.45) is 11.8 Å². The molecular weight excluding hydrogens is 416 g/mol. The summed E-state index contributed by atoms with van der Waals surface area (Å²) in [7, 11) is 3.28. The van der Waals surface area contributed by atoms with E-state index >= 15 is 0 Å². The lowest BCUT2D eigenvalue weighted by Crippen LogP contribution is -2.41. The highest BCUT2D eigenvalue weighted by Crippen LogP contribution is 2.49. The molecule has 7 heteroatoms. The van der Waals surface area contributed by atoms with Gasteiger partial charge in [-0.05, 0) is 61.4 Å². The Morgan fingerprint density at radius 1 is 1.17 bits per heavy atom. The highest BCUT2D eigenvalue weighted by atomic mass is 32.2. The van der Waals surface area contributed by atoms with Gasteiger partial charge in [-0.1, -0.05) is 30.4 Å². The molecule has 156 valence electrons. The van der Waals surface area contributed by atoms with Gasteiger partial charge in [-0.2, -0.15) is 0 Å². The van der Waals surface area contributed by atoms with Gasteiger partial charge in [0.15, 0.2) is 0 Å². The topological polar surface area (TPSA) is 54.6 Å². The van der Waals surface area contributed by atoms with Crippen molar-refractivity contribution in [3.63, 3.8) is 0 Å². The summed E-state index contributed by atoms with van der Waals surface area (Å²) in [4.78, 5) is 19.1. The van der Waals surface area contributed by atoms with Crippen LogP contribution in [0.3, 0.4) is 0 Å². The van der Waals surface area contributed by atoms with E-state index in [4.69, 9.17) is 21.7 Å². The molecule has 1 amide bonds. The minimum absolute atomic E-state index is 0.0562. The van der Waals surface area contributed by atoms with Gasteiger partial charge in [0.25, 0.3) is 5.91 Å². The summed E-state index contributed by atoms with van der Waals surface area (Å²) in [6.07, 6.45) is 6.81. The maximum absolute atomic E-state index is 13.1. The van der Waals surface area contributed by atoms with Gasteiger partial charge in [0.05, 0.1) is 19.1 Å². The minimum atomic E-state index is 0.0562. The number of aromatic amines is 1. The number of thioether (sulfide) groups is 1. The highest BCUT2D eigenvalue weighted by Gasteiger charge is 2.47. The standard InChI is InChI=1S/C23H24N2O3S2/c1-27-16-6-7-17(20(12-16)28-2)18-8-5-15(24-18)11-21-22(26)25(23(29)30-21)19-10-13-3-4-14(19)9-13/h5-8,11-14,19,24H,3-4,9-10H2,1-2H3/b21-11-. The fraction of sp³-hybridized carbons (Fsp3) is 0.391. The number of fused-ring (bicyclic) bond motifs is 2. The Bertz CT molecular complexity index is 1040. The zero-order chi connectivity index (χ0) is 20.8. The van der Waals surface area contributed by atoms with Gasteiger partial charge in [0, 0.05) is 29.1 Å². The number of carbonyl (C=O) groups is 1. The monoisotopic (exact) mass is 440 g/mol. The molecule has 2 bridgehead atoms. The summed E-state index contributed by atoms with van der Waals surface area (Å²) in [5.41, 5.74) is 2.73. The van der Waals surface area contributed by atoms with Gasteiger partial charge in [-0.3, -0.25) is 9.69 Å². The van der Waals surface area contributed by atoms with Crippen molar-refractivity contribution >= 4 is 40.3 Å². The van der Waals surface area contributed by atoms with Gasteiger partial charge < -0.3 is 14.5 Å². The Labute approximate surface area is 185 Å². The Morgan fingerprint density at radius 2 is 2.03 bits per heavy atom. The van der Waals surface area contributed by atoms with E-state index in [1.165, 1.54) is 31.0 Å². The van der Waals surface area contributed by atoms with Crippen LogP contribution in [-0.2, 0) is 4.79 Å². The molecule has 3 atom stereocenters. The summed E-state index contributed by atoms with van der Waals surface area (Å²) in [5, 5.41) is 0. The molecular formula is C23H24N2O3S2. The second-order valence-corrected chi connectivity index (χ2v) is 9.86. The molecule has 2 aromatic rings. The zero-order valence-electron chi connectivity index (χ0n) is 17.0. The molecule has 3 unspecified atom stereocenters. The van der Waals surface area contributed by atoms with Crippen molar-refractivity contribution in [2.45, 2.75) is 31.7 Å². The second-order valence-electron chi connectivity index (χ2n) is 8.19. The van der Waals surface area contributed by atoms with Crippen molar-refractivity contribution in [1.29, 1.82) is 0 Å². The number of nitrogens with one attached hydrogen (secondary N) is 1. The molecule has 0 spiro atoms. The first kappa shape index (κ1) is 19.7. The number of thiocarbonyl (C=S) groups is 1. The third-order valence-corrected chi connectivity index (χ3v) is 7.88. The van der Waals surface area contributed by atoms with Crippen LogP contribution in [0, 0.1) is 11.8 Å². The second kappa shape index (κ2) is 7.78. The molecule has 2 heterocycles. The van der Waals surface area contributed by atoms with E-state index in [2.05, 4.69) is 4.98 Å². The molecule has 2 saturated carbocycles. The van der Waals surface area contributed by atoms with Crippen molar-refractivity contribution in [3.05, 3.63) is 40.9 Å². The Kier molecular flexibility index (Phi) is 5.11. The smallest absolute Gasteiger partial charge is 0.266 e. The number of hydrogen-bond acceptors (Lipinski definition) is 5. The van der Waals surface area contributed by atoms with E-state index < -0.39 is 0 Å². The van der Waals surface area contributed by atoms with Crippen molar-refractivity contribution in [1.82, 2.24) is 9.88 Å². The molecule has 1 aliphatic heterocycles. The number of rotatable bonds is 5. The molecule has 1 aromatic carbocycles. The average molecular weight is 441 g/mol. The Hall–Kier alpha value is -2.25. The molecule has 2 aliphatic carbocycles. The number of ether oxygens (including phenoxy) is 2. The predicted molar refractivity (Wildman–Crippen MR) is 124 cm³/mol. The van der Waals surface area contributed by atoms with Gasteiger partial charge in [-0.25, -0.2) is 0 Å². The fourth-order valence-electron chi connectivity index (χ4n) is 5.11. The van der Waals surface area contributed by atoms with Crippen LogP contribution in [0.2, 0.25) is 0 Å². The first-order valence-corrected chi connectivity index (χ1v) is 11.5. The quantitative estimate of drug-likeness (QED) is 0.519. The summed E-state index contributed by atoms with van der Waals surface area (Å²) < 4.78 is 11.5. The SMILES string of the molecule is COc1ccc(-c2ccc(/C=C3\SC(=S)N(C4CC5CCC4C5)C3=O)[nH]2)c(OC)c1. The first-order valence-electron chi connectivity index (χ1n) is 10.3. The van der Waals surface area contributed by atoms with Crippen molar-refractivity contribution < 1.29 is 14.3 Å². The van der Waals surface area contributed by atoms with E-state index in [0.29, 0.717) is 21.2 Å². The lowest BCUT2D eigenvalue weighted by Gasteiger charge is -2.30. The van der Waals surface area contributed by atoms with Crippen LogP contribution < -0.4 is 9.47 Å². The third-order valence-electron chi connectivity index (χ3n) is 6.55. The largest absolute Gasteiger partial charge is 0.497 e. The number of H-pyrrole nitrogens is 1. The molecule has 3 aliphatic rings. The summed E-state index contributed by atoms with van der Waals surface area (Å²) in [6, 6.07) is 9.98. The number of benzene rings is 1. The molecule has 0 radical (unpaired) electrons. The van der Waals surface area contributed by atoms with E-state index in [-0.39, 0.29) is 5.91 Å². The van der Waals surface area contributed by atoms with E-state index in [1.807, 2.05) is 41.3 Å². The molecule has 30 heavy (non-hydrogen) atoms. The Morgan fingerprint density at radius 3 is 2.73 bits per heavy atom. The fourth-order valence-corrected chi connectivity index (χ4v) is 6.47. The lowest BCUT2D eigenvalue weighted by molar-refractivity contribution is -0.124. The van der Waals surface area contributed by atoms with Gasteiger partial charge in [0.2, 0.25) is 0 Å². The van der Waals surface area contributed by atoms with E-state index in [9.17, 15) is 4.79 Å². The van der Waals surface area contributed by atoms with Crippen LogP contribution in [0.15, 0.2) is 35.2 Å². The number of hydrogen-bond donors (Lipinski definition) is 1. The third kappa shape index (κ3) is 3.34. The molecule has 5 rings (SSSR count). The number of methoxy groups -OCH3 is 2. The molecule has 5 nitrogen and oxygen atoms in total. The molecule has 3 fully saturated rings. The Balaban J connectivity index is 1.38. The highest BCUT2D eigenvalue weighted by molar-refractivity contribution is 8.26. The van der Waals surface area contributed by atoms with Gasteiger partial charge in [0.1, 0.15) is 15.8 Å². The molecule has 1 aromatic heterocycles. The van der Waals surface area contributed by atoms with Crippen LogP contribution in [0.5, 0.6) is 11.5 Å². The lowest BCUT2D eigenvalue weighted by atomic mass is 9.94. The van der Waals surface area contributed by atoms with Gasteiger partial charge >= 0.3 is 0 Å².